The fourth-order valence-electron chi connectivity index (χ4n) is 1.58. The zero-order valence-electron chi connectivity index (χ0n) is 12.4. The van der Waals surface area contributed by atoms with Gasteiger partial charge in [0.05, 0.1) is 19.1 Å². The molecule has 0 aliphatic heterocycles. The molecule has 0 spiro atoms. The molecule has 0 amide bonds. The molecule has 120 valence electrons. The van der Waals surface area contributed by atoms with Gasteiger partial charge in [-0.1, -0.05) is 31.4 Å². The molecule has 0 radical (unpaired) electrons. The summed E-state index contributed by atoms with van der Waals surface area (Å²) >= 11 is 0. The Hall–Kier alpha value is -0.440. The van der Waals surface area contributed by atoms with Crippen LogP contribution in [-0.4, -0.2) is 42.5 Å². The number of rotatable bonds is 11. The molecule has 1 N–H and O–H groups in total. The molecule has 0 saturated carbocycles. The lowest BCUT2D eigenvalue weighted by Gasteiger charge is -2.08. The Bertz CT molecular complexity index is 494. The molecule has 0 aromatic carbocycles. The lowest BCUT2D eigenvalue weighted by Crippen LogP contribution is -2.23. The summed E-state index contributed by atoms with van der Waals surface area (Å²) in [4.78, 5) is 0. The Kier molecular flexibility index (Phi) is 9.28. The number of allylic oxidation sites excluding steroid dienone is 1. The van der Waals surface area contributed by atoms with Crippen LogP contribution in [0.4, 0.5) is 0 Å². The van der Waals surface area contributed by atoms with E-state index in [0.717, 1.165) is 38.2 Å². The molecule has 0 heterocycles. The SMILES string of the molecule is CCCC/C=C(/CCNS(C)(=O)=O)CCS(=O)(=O)OC. The third-order valence-electron chi connectivity index (χ3n) is 2.73. The first-order chi connectivity index (χ1) is 9.20. The van der Waals surface area contributed by atoms with Crippen molar-refractivity contribution in [2.24, 2.45) is 0 Å². The average molecular weight is 327 g/mol. The van der Waals surface area contributed by atoms with E-state index < -0.39 is 20.1 Å². The van der Waals surface area contributed by atoms with Crippen LogP contribution in [0.25, 0.3) is 0 Å². The molecule has 0 bridgehead atoms. The molecule has 0 aromatic rings. The summed E-state index contributed by atoms with van der Waals surface area (Å²) in [5, 5.41) is 0. The van der Waals surface area contributed by atoms with Gasteiger partial charge in [-0.25, -0.2) is 13.1 Å². The minimum Gasteiger partial charge on any atom is -0.273 e. The topological polar surface area (TPSA) is 89.5 Å². The van der Waals surface area contributed by atoms with Gasteiger partial charge in [0, 0.05) is 6.54 Å². The van der Waals surface area contributed by atoms with E-state index in [2.05, 4.69) is 15.8 Å². The molecular formula is C12H25NO5S2. The predicted molar refractivity (Wildman–Crippen MR) is 80.5 cm³/mol. The molecule has 0 fully saturated rings. The number of sulfonamides is 1. The molecule has 0 saturated heterocycles. The van der Waals surface area contributed by atoms with Gasteiger partial charge < -0.3 is 0 Å². The first-order valence-electron chi connectivity index (χ1n) is 6.61. The average Bonchev–Trinajstić information content (AvgIpc) is 2.34. The lowest BCUT2D eigenvalue weighted by atomic mass is 10.1. The molecule has 0 rings (SSSR count). The molecule has 0 aliphatic carbocycles. The first kappa shape index (κ1) is 19.6. The Morgan fingerprint density at radius 3 is 2.35 bits per heavy atom. The van der Waals surface area contributed by atoms with Crippen molar-refractivity contribution in [3.8, 4) is 0 Å². The van der Waals surface area contributed by atoms with Crippen molar-refractivity contribution in [3.05, 3.63) is 11.6 Å². The van der Waals surface area contributed by atoms with Crippen molar-refractivity contribution < 1.29 is 21.0 Å². The number of unbranched alkanes of at least 4 members (excludes halogenated alkanes) is 2. The van der Waals surface area contributed by atoms with E-state index in [1.54, 1.807) is 0 Å². The van der Waals surface area contributed by atoms with Crippen molar-refractivity contribution in [1.82, 2.24) is 4.72 Å². The van der Waals surface area contributed by atoms with E-state index in [4.69, 9.17) is 0 Å². The summed E-state index contributed by atoms with van der Waals surface area (Å²) in [6.07, 6.45) is 6.93. The van der Waals surface area contributed by atoms with Crippen molar-refractivity contribution in [1.29, 1.82) is 0 Å². The smallest absolute Gasteiger partial charge is 0.267 e. The fraction of sp³-hybridized carbons (Fsp3) is 0.833. The fourth-order valence-corrected chi connectivity index (χ4v) is 2.73. The van der Waals surface area contributed by atoms with E-state index >= 15 is 0 Å². The maximum Gasteiger partial charge on any atom is 0.267 e. The van der Waals surface area contributed by atoms with Gasteiger partial charge >= 0.3 is 0 Å². The van der Waals surface area contributed by atoms with Crippen LogP contribution in [0.3, 0.4) is 0 Å². The molecule has 6 nitrogen and oxygen atoms in total. The zero-order chi connectivity index (χ0) is 15.6. The van der Waals surface area contributed by atoms with Gasteiger partial charge in [0.15, 0.2) is 0 Å². The van der Waals surface area contributed by atoms with Gasteiger partial charge in [-0.05, 0) is 19.3 Å². The Morgan fingerprint density at radius 1 is 1.20 bits per heavy atom. The molecule has 0 unspecified atom stereocenters. The molecule has 0 atom stereocenters. The monoisotopic (exact) mass is 327 g/mol. The van der Waals surface area contributed by atoms with Crippen molar-refractivity contribution in [2.45, 2.75) is 39.0 Å². The maximum atomic E-state index is 11.3. The van der Waals surface area contributed by atoms with Crippen LogP contribution in [0, 0.1) is 0 Å². The van der Waals surface area contributed by atoms with Crippen LogP contribution >= 0.6 is 0 Å². The highest BCUT2D eigenvalue weighted by Crippen LogP contribution is 2.12. The summed E-state index contributed by atoms with van der Waals surface area (Å²) in [6, 6.07) is 0. The third-order valence-corrected chi connectivity index (χ3v) is 4.67. The lowest BCUT2D eigenvalue weighted by molar-refractivity contribution is 0.397. The van der Waals surface area contributed by atoms with Crippen LogP contribution < -0.4 is 4.72 Å². The zero-order valence-corrected chi connectivity index (χ0v) is 14.0. The quantitative estimate of drug-likeness (QED) is 0.352. The molecule has 0 aromatic heterocycles. The Morgan fingerprint density at radius 2 is 1.85 bits per heavy atom. The molecule has 8 heteroatoms. The highest BCUT2D eigenvalue weighted by atomic mass is 32.2. The Balaban J connectivity index is 4.45. The van der Waals surface area contributed by atoms with Crippen LogP contribution in [0.2, 0.25) is 0 Å². The van der Waals surface area contributed by atoms with Gasteiger partial charge in [-0.2, -0.15) is 8.42 Å². The van der Waals surface area contributed by atoms with Crippen LogP contribution in [0.1, 0.15) is 39.0 Å². The van der Waals surface area contributed by atoms with E-state index in [-0.39, 0.29) is 12.3 Å². The van der Waals surface area contributed by atoms with Crippen molar-refractivity contribution in [3.63, 3.8) is 0 Å². The highest BCUT2D eigenvalue weighted by molar-refractivity contribution is 7.88. The maximum absolute atomic E-state index is 11.3. The molecule has 0 aliphatic rings. The second-order valence-electron chi connectivity index (χ2n) is 4.60. The minimum absolute atomic E-state index is 0.0830. The summed E-state index contributed by atoms with van der Waals surface area (Å²) in [7, 11) is -5.55. The largest absolute Gasteiger partial charge is 0.273 e. The number of hydrogen-bond donors (Lipinski definition) is 1. The highest BCUT2D eigenvalue weighted by Gasteiger charge is 2.10. The second-order valence-corrected chi connectivity index (χ2v) is 8.29. The molecular weight excluding hydrogens is 302 g/mol. The Labute approximate surface area is 122 Å². The number of nitrogens with one attached hydrogen (secondary N) is 1. The van der Waals surface area contributed by atoms with E-state index in [1.807, 2.05) is 6.08 Å². The summed E-state index contributed by atoms with van der Waals surface area (Å²) in [5.41, 5.74) is 0.940. The summed E-state index contributed by atoms with van der Waals surface area (Å²) in [5.74, 6) is -0.0830. The number of hydrogen-bond acceptors (Lipinski definition) is 5. The van der Waals surface area contributed by atoms with Gasteiger partial charge in [-0.15, -0.1) is 0 Å². The van der Waals surface area contributed by atoms with Gasteiger partial charge in [0.1, 0.15) is 0 Å². The summed E-state index contributed by atoms with van der Waals surface area (Å²) < 4.78 is 51.4. The standard InChI is InChI=1S/C12H25NO5S2/c1-4-5-6-7-12(8-10-13-19(3,14)15)9-11-20(16,17)18-2/h7,13H,4-6,8-11H2,1-3H3/b12-7-. The normalized spacial score (nSPS) is 13.7. The van der Waals surface area contributed by atoms with Gasteiger partial charge in [-0.3, -0.25) is 4.18 Å². The van der Waals surface area contributed by atoms with E-state index in [0.29, 0.717) is 12.8 Å². The summed E-state index contributed by atoms with van der Waals surface area (Å²) in [6.45, 7) is 2.36. The van der Waals surface area contributed by atoms with Gasteiger partial charge in [0.25, 0.3) is 10.1 Å². The van der Waals surface area contributed by atoms with Crippen molar-refractivity contribution in [2.75, 3.05) is 25.7 Å². The van der Waals surface area contributed by atoms with E-state index in [1.165, 1.54) is 0 Å². The third kappa shape index (κ3) is 11.4. The van der Waals surface area contributed by atoms with Crippen LogP contribution in [-0.2, 0) is 24.3 Å². The molecule has 20 heavy (non-hydrogen) atoms. The minimum atomic E-state index is -3.48. The van der Waals surface area contributed by atoms with Crippen LogP contribution in [0.5, 0.6) is 0 Å². The van der Waals surface area contributed by atoms with E-state index in [9.17, 15) is 16.8 Å². The van der Waals surface area contributed by atoms with Crippen LogP contribution in [0.15, 0.2) is 11.6 Å². The predicted octanol–water partition coefficient (Wildman–Crippen LogP) is 1.41. The second kappa shape index (κ2) is 9.49. The van der Waals surface area contributed by atoms with Gasteiger partial charge in [0.2, 0.25) is 10.0 Å². The first-order valence-corrected chi connectivity index (χ1v) is 10.1. The van der Waals surface area contributed by atoms with Crippen molar-refractivity contribution >= 4 is 20.1 Å².